The molecule has 1 atom stereocenters. The van der Waals surface area contributed by atoms with Crippen molar-refractivity contribution in [3.05, 3.63) is 35.9 Å². The van der Waals surface area contributed by atoms with Crippen molar-refractivity contribution in [2.75, 3.05) is 0 Å². The molecule has 0 aliphatic rings. The first-order valence-electron chi connectivity index (χ1n) is 3.35. The molecule has 0 aliphatic carbocycles. The molecule has 1 nitrogen and oxygen atoms in total. The summed E-state index contributed by atoms with van der Waals surface area (Å²) in [5, 5.41) is 2.68. The van der Waals surface area contributed by atoms with Crippen molar-refractivity contribution in [3.8, 4) is 0 Å². The second-order valence-electron chi connectivity index (χ2n) is 2.30. The van der Waals surface area contributed by atoms with Crippen LogP contribution in [-0.2, 0) is 0 Å². The summed E-state index contributed by atoms with van der Waals surface area (Å²) in [6, 6.07) is 10.3. The molecule has 1 aromatic carbocycles. The van der Waals surface area contributed by atoms with Crippen molar-refractivity contribution in [2.24, 2.45) is 0 Å². The molecule has 1 unspecified atom stereocenters. The zero-order valence-electron chi connectivity index (χ0n) is 6.04. The molecule has 10 heavy (non-hydrogen) atoms. The van der Waals surface area contributed by atoms with Crippen LogP contribution in [-0.4, -0.2) is 7.98 Å². The van der Waals surface area contributed by atoms with Gasteiger partial charge in [0.15, 0.2) is 7.98 Å². The minimum atomic E-state index is 0.237. The van der Waals surface area contributed by atoms with E-state index in [0.29, 0.717) is 0 Å². The second kappa shape index (κ2) is 3.42. The van der Waals surface area contributed by atoms with Gasteiger partial charge in [-0.3, -0.25) is 0 Å². The quantitative estimate of drug-likeness (QED) is 0.598. The van der Waals surface area contributed by atoms with Crippen LogP contribution in [0, 0.1) is 0 Å². The molecule has 0 fully saturated rings. The fourth-order valence-corrected chi connectivity index (χ4v) is 0.838. The van der Waals surface area contributed by atoms with Crippen molar-refractivity contribution < 1.29 is 0 Å². The molecule has 0 spiro atoms. The third kappa shape index (κ3) is 1.61. The summed E-state index contributed by atoms with van der Waals surface area (Å²) in [5.41, 5.74) is 1.21. The van der Waals surface area contributed by atoms with Crippen LogP contribution < -0.4 is 5.23 Å². The number of rotatable bonds is 2. The van der Waals surface area contributed by atoms with Crippen LogP contribution in [0.3, 0.4) is 0 Å². The van der Waals surface area contributed by atoms with Crippen LogP contribution in [0.5, 0.6) is 0 Å². The van der Waals surface area contributed by atoms with Crippen molar-refractivity contribution in [1.82, 2.24) is 5.23 Å². The highest BCUT2D eigenvalue weighted by Gasteiger charge is 1.97. The fourth-order valence-electron chi connectivity index (χ4n) is 0.838. The molecule has 0 saturated heterocycles. The van der Waals surface area contributed by atoms with Gasteiger partial charge in [-0.1, -0.05) is 30.3 Å². The third-order valence-electron chi connectivity index (χ3n) is 1.55. The van der Waals surface area contributed by atoms with Crippen LogP contribution in [0.1, 0.15) is 18.5 Å². The average molecular weight is 131 g/mol. The van der Waals surface area contributed by atoms with Gasteiger partial charge in [0.1, 0.15) is 0 Å². The van der Waals surface area contributed by atoms with Crippen molar-refractivity contribution in [2.45, 2.75) is 13.0 Å². The molecule has 0 aliphatic heterocycles. The van der Waals surface area contributed by atoms with Gasteiger partial charge in [-0.2, -0.15) is 0 Å². The Labute approximate surface area is 62.9 Å². The Hall–Kier alpha value is -0.755. The van der Waals surface area contributed by atoms with Crippen LogP contribution in [0.4, 0.5) is 0 Å². The lowest BCUT2D eigenvalue weighted by molar-refractivity contribution is 0.744. The highest BCUT2D eigenvalue weighted by atomic mass is 14.8. The SMILES string of the molecule is [B]NC(C)c1ccccc1. The molecular weight excluding hydrogens is 121 g/mol. The standard InChI is InChI=1S/C8H10BN/c1-7(10-9)8-5-3-2-4-6-8/h2-7,10H,1H3. The first-order valence-corrected chi connectivity index (χ1v) is 3.35. The highest BCUT2D eigenvalue weighted by molar-refractivity contribution is 6.04. The van der Waals surface area contributed by atoms with Gasteiger partial charge in [0.25, 0.3) is 0 Å². The summed E-state index contributed by atoms with van der Waals surface area (Å²) in [6.07, 6.45) is 0. The highest BCUT2D eigenvalue weighted by Crippen LogP contribution is 2.08. The Bertz CT molecular complexity index is 186. The Morgan fingerprint density at radius 2 is 1.90 bits per heavy atom. The van der Waals surface area contributed by atoms with Crippen molar-refractivity contribution in [3.63, 3.8) is 0 Å². The summed E-state index contributed by atoms with van der Waals surface area (Å²) in [5.74, 6) is 0. The first-order chi connectivity index (χ1) is 4.84. The maximum absolute atomic E-state index is 5.25. The lowest BCUT2D eigenvalue weighted by Crippen LogP contribution is -2.13. The van der Waals surface area contributed by atoms with E-state index in [1.165, 1.54) is 5.56 Å². The molecule has 1 rings (SSSR count). The lowest BCUT2D eigenvalue weighted by Gasteiger charge is -2.09. The molecule has 0 heterocycles. The van der Waals surface area contributed by atoms with E-state index in [9.17, 15) is 0 Å². The van der Waals surface area contributed by atoms with E-state index >= 15 is 0 Å². The van der Waals surface area contributed by atoms with Gasteiger partial charge in [0.2, 0.25) is 0 Å². The van der Waals surface area contributed by atoms with E-state index < -0.39 is 0 Å². The second-order valence-corrected chi connectivity index (χ2v) is 2.30. The molecule has 1 aromatic rings. The minimum Gasteiger partial charge on any atom is -0.360 e. The number of hydrogen-bond acceptors (Lipinski definition) is 1. The van der Waals surface area contributed by atoms with Gasteiger partial charge in [0.05, 0.1) is 0 Å². The predicted octanol–water partition coefficient (Wildman–Crippen LogP) is 1.42. The molecular formula is C8H10BN. The molecule has 1 N–H and O–H groups in total. The van der Waals surface area contributed by atoms with E-state index in [2.05, 4.69) is 5.23 Å². The van der Waals surface area contributed by atoms with Crippen molar-refractivity contribution >= 4 is 7.98 Å². The van der Waals surface area contributed by atoms with Crippen LogP contribution in [0.25, 0.3) is 0 Å². The molecule has 2 radical (unpaired) electrons. The average Bonchev–Trinajstić information content (AvgIpc) is 2.05. The van der Waals surface area contributed by atoms with E-state index in [0.717, 1.165) is 0 Å². The zero-order chi connectivity index (χ0) is 7.40. The van der Waals surface area contributed by atoms with E-state index in [1.54, 1.807) is 0 Å². The lowest BCUT2D eigenvalue weighted by atomic mass is 10.1. The molecule has 50 valence electrons. The van der Waals surface area contributed by atoms with E-state index in [4.69, 9.17) is 7.98 Å². The molecule has 0 aromatic heterocycles. The van der Waals surface area contributed by atoms with Gasteiger partial charge in [-0.25, -0.2) is 0 Å². The fraction of sp³-hybridized carbons (Fsp3) is 0.250. The maximum Gasteiger partial charge on any atom is 0.178 e. The molecule has 0 bridgehead atoms. The predicted molar refractivity (Wildman–Crippen MR) is 43.7 cm³/mol. The van der Waals surface area contributed by atoms with Gasteiger partial charge >= 0.3 is 0 Å². The van der Waals surface area contributed by atoms with Crippen LogP contribution in [0.2, 0.25) is 0 Å². The summed E-state index contributed by atoms with van der Waals surface area (Å²) in [4.78, 5) is 0. The van der Waals surface area contributed by atoms with Gasteiger partial charge < -0.3 is 5.23 Å². The molecule has 0 saturated carbocycles. The first kappa shape index (κ1) is 7.35. The topological polar surface area (TPSA) is 12.0 Å². The largest absolute Gasteiger partial charge is 0.360 e. The van der Waals surface area contributed by atoms with Gasteiger partial charge in [-0.05, 0) is 12.5 Å². The Balaban J connectivity index is 2.75. The third-order valence-corrected chi connectivity index (χ3v) is 1.55. The van der Waals surface area contributed by atoms with E-state index in [-0.39, 0.29) is 6.04 Å². The molecule has 2 heteroatoms. The number of nitrogens with one attached hydrogen (secondary N) is 1. The zero-order valence-corrected chi connectivity index (χ0v) is 6.04. The Morgan fingerprint density at radius 1 is 1.30 bits per heavy atom. The summed E-state index contributed by atoms with van der Waals surface area (Å²) < 4.78 is 0. The van der Waals surface area contributed by atoms with Crippen LogP contribution in [0.15, 0.2) is 30.3 Å². The van der Waals surface area contributed by atoms with Gasteiger partial charge in [-0.15, -0.1) is 0 Å². The summed E-state index contributed by atoms with van der Waals surface area (Å²) in [7, 11) is 5.25. The van der Waals surface area contributed by atoms with Crippen LogP contribution >= 0.6 is 0 Å². The summed E-state index contributed by atoms with van der Waals surface area (Å²) >= 11 is 0. The van der Waals surface area contributed by atoms with E-state index in [1.807, 2.05) is 37.3 Å². The Kier molecular flexibility index (Phi) is 2.52. The number of benzene rings is 1. The molecule has 0 amide bonds. The minimum absolute atomic E-state index is 0.237. The maximum atomic E-state index is 5.25. The summed E-state index contributed by atoms with van der Waals surface area (Å²) in [6.45, 7) is 2.02. The normalized spacial score (nSPS) is 12.9. The van der Waals surface area contributed by atoms with Crippen molar-refractivity contribution in [1.29, 1.82) is 0 Å². The smallest absolute Gasteiger partial charge is 0.178 e. The Morgan fingerprint density at radius 3 is 2.40 bits per heavy atom. The van der Waals surface area contributed by atoms with Gasteiger partial charge in [0, 0.05) is 6.04 Å². The number of hydrogen-bond donors (Lipinski definition) is 1. The monoisotopic (exact) mass is 131 g/mol.